The third-order valence-electron chi connectivity index (χ3n) is 6.26. The second-order valence-electron chi connectivity index (χ2n) is 9.94. The number of rotatable bonds is 12. The quantitative estimate of drug-likeness (QED) is 0.0882. The Hall–Kier alpha value is -3.17. The summed E-state index contributed by atoms with van der Waals surface area (Å²) in [5, 5.41) is 13.4. The number of para-hydroxylation sites is 1. The van der Waals surface area contributed by atoms with Crippen molar-refractivity contribution < 1.29 is 43.1 Å². The Morgan fingerprint density at radius 2 is 1.66 bits per heavy atom. The summed E-state index contributed by atoms with van der Waals surface area (Å²) >= 11 is 0. The average molecular weight is 607 g/mol. The average Bonchev–Trinajstić information content (AvgIpc) is 2.96. The molecule has 0 spiro atoms. The monoisotopic (exact) mass is 606 g/mol. The Morgan fingerprint density at radius 1 is 1.00 bits per heavy atom. The lowest BCUT2D eigenvalue weighted by molar-refractivity contribution is 0.0990. The van der Waals surface area contributed by atoms with Gasteiger partial charge < -0.3 is 34.2 Å². The van der Waals surface area contributed by atoms with Crippen LogP contribution in [-0.4, -0.2) is 37.1 Å². The van der Waals surface area contributed by atoms with Gasteiger partial charge in [-0.2, -0.15) is 0 Å². The van der Waals surface area contributed by atoms with Crippen molar-refractivity contribution >= 4 is 39.4 Å². The molecule has 2 aromatic carbocycles. The summed E-state index contributed by atoms with van der Waals surface area (Å²) in [5.74, 6) is -1.41. The van der Waals surface area contributed by atoms with Gasteiger partial charge in [0.2, 0.25) is 0 Å². The summed E-state index contributed by atoms with van der Waals surface area (Å²) in [4.78, 5) is 53.0. The largest absolute Gasteiger partial charge is 0.524 e. The maximum Gasteiger partial charge on any atom is 0.524 e. The van der Waals surface area contributed by atoms with Gasteiger partial charge in [-0.3, -0.25) is 14.6 Å². The molecule has 41 heavy (non-hydrogen) atoms. The maximum absolute atomic E-state index is 13.7. The lowest BCUT2D eigenvalue weighted by atomic mass is 10.1. The highest BCUT2D eigenvalue weighted by Gasteiger charge is 2.32. The summed E-state index contributed by atoms with van der Waals surface area (Å²) in [5.41, 5.74) is 3.78. The number of fused-ring (bicyclic) bond motifs is 2. The fraction of sp³-hybridized carbons (Fsp3) is 0.321. The van der Waals surface area contributed by atoms with Crippen LogP contribution in [0.2, 0.25) is 0 Å². The lowest BCUT2D eigenvalue weighted by Gasteiger charge is -2.24. The molecule has 6 N–H and O–H groups in total. The topological polar surface area (TPSA) is 169 Å². The van der Waals surface area contributed by atoms with E-state index in [1.165, 1.54) is 40.3 Å². The summed E-state index contributed by atoms with van der Waals surface area (Å²) < 4.78 is 21.7. The molecule has 13 heteroatoms. The lowest BCUT2D eigenvalue weighted by Crippen LogP contribution is -2.30. The number of phenolic OH excluding ortho intramolecular Hbond substituents is 1. The van der Waals surface area contributed by atoms with Crippen molar-refractivity contribution in [3.8, 4) is 17.2 Å². The van der Waals surface area contributed by atoms with Crippen molar-refractivity contribution in [1.29, 1.82) is 0 Å². The molecule has 0 radical (unpaired) electrons. The molecule has 0 aliphatic carbocycles. The summed E-state index contributed by atoms with van der Waals surface area (Å²) in [6, 6.07) is 6.73. The number of phosphoric acid groups is 1. The zero-order valence-corrected chi connectivity index (χ0v) is 25.2. The Morgan fingerprint density at radius 3 is 2.29 bits per heavy atom. The Bertz CT molecular complexity index is 1410. The Kier molecular flexibility index (Phi) is 11.2. The van der Waals surface area contributed by atoms with E-state index in [0.29, 0.717) is 0 Å². The number of phenols is 1. The first kappa shape index (κ1) is 32.3. The van der Waals surface area contributed by atoms with Crippen molar-refractivity contribution in [3.05, 3.63) is 70.8 Å². The summed E-state index contributed by atoms with van der Waals surface area (Å²) in [6.45, 7) is 8.26. The van der Waals surface area contributed by atoms with E-state index in [-0.39, 0.29) is 40.7 Å². The first-order valence-corrected chi connectivity index (χ1v) is 15.6. The molecule has 0 saturated heterocycles. The van der Waals surface area contributed by atoms with Gasteiger partial charge in [-0.1, -0.05) is 41.0 Å². The first-order valence-electron chi connectivity index (χ1n) is 12.9. The molecule has 222 valence electrons. The highest BCUT2D eigenvalue weighted by molar-refractivity contribution is 7.46. The van der Waals surface area contributed by atoms with E-state index >= 15 is 0 Å². The van der Waals surface area contributed by atoms with Crippen LogP contribution in [0.4, 0.5) is 17.1 Å². The molecule has 0 unspecified atom stereocenters. The Balaban J connectivity index is 1.98. The number of carbonyl (C=O) groups is 1. The van der Waals surface area contributed by atoms with Crippen molar-refractivity contribution in [1.82, 2.24) is 0 Å². The molecule has 1 aliphatic heterocycles. The van der Waals surface area contributed by atoms with Crippen LogP contribution in [-0.2, 0) is 4.57 Å². The predicted octanol–water partition coefficient (Wildman–Crippen LogP) is 6.58. The zero-order valence-electron chi connectivity index (χ0n) is 23.4. The van der Waals surface area contributed by atoms with Gasteiger partial charge in [0.15, 0.2) is 5.75 Å². The number of amides is 1. The first-order chi connectivity index (χ1) is 19.2. The smallest absolute Gasteiger partial charge is 0.506 e. The zero-order chi connectivity index (χ0) is 30.3. The van der Waals surface area contributed by atoms with Crippen LogP contribution in [0.1, 0.15) is 63.7 Å². The number of anilines is 3. The minimum atomic E-state index is -5.10. The number of hydrogen-bond acceptors (Lipinski definition) is 8. The number of benzene rings is 2. The van der Waals surface area contributed by atoms with Crippen molar-refractivity contribution in [2.24, 2.45) is 0 Å². The third-order valence-corrected chi connectivity index (χ3v) is 7.07. The minimum Gasteiger partial charge on any atom is -0.506 e. The summed E-state index contributed by atoms with van der Waals surface area (Å²) in [6.07, 6.45) is 9.82. The van der Waals surface area contributed by atoms with Crippen LogP contribution in [0.15, 0.2) is 65.3 Å². The van der Waals surface area contributed by atoms with Crippen molar-refractivity contribution in [2.75, 3.05) is 16.8 Å². The predicted molar refractivity (Wildman–Crippen MR) is 160 cm³/mol. The van der Waals surface area contributed by atoms with Crippen LogP contribution < -0.4 is 19.3 Å². The van der Waals surface area contributed by atoms with Crippen LogP contribution in [0, 0.1) is 0 Å². The number of hydrogen-bond donors (Lipinski definition) is 6. The van der Waals surface area contributed by atoms with E-state index in [2.05, 4.69) is 38.2 Å². The fourth-order valence-electron chi connectivity index (χ4n) is 4.26. The van der Waals surface area contributed by atoms with E-state index in [9.17, 15) is 34.0 Å². The normalized spacial score (nSPS) is 13.8. The van der Waals surface area contributed by atoms with E-state index < -0.39 is 28.1 Å². The molecule has 0 aromatic heterocycles. The maximum atomic E-state index is 13.7. The summed E-state index contributed by atoms with van der Waals surface area (Å²) in [7, 11) is -7.99. The number of nitrogens with one attached hydrogen (secondary N) is 1. The van der Waals surface area contributed by atoms with Gasteiger partial charge in [-0.25, -0.2) is 4.57 Å². The van der Waals surface area contributed by atoms with Gasteiger partial charge in [0.1, 0.15) is 17.2 Å². The molecular formula is C28H36N2O9P2. The van der Waals surface area contributed by atoms with Gasteiger partial charge in [0.05, 0.1) is 16.9 Å². The highest BCUT2D eigenvalue weighted by atomic mass is 31.2. The van der Waals surface area contributed by atoms with Crippen LogP contribution >= 0.6 is 16.4 Å². The van der Waals surface area contributed by atoms with E-state index in [4.69, 9.17) is 9.05 Å². The van der Waals surface area contributed by atoms with Gasteiger partial charge in [0.25, 0.3) is 5.91 Å². The number of carbonyl (C=O) groups excluding carboxylic acids is 1. The molecule has 0 saturated carbocycles. The van der Waals surface area contributed by atoms with Crippen molar-refractivity contribution in [3.63, 3.8) is 0 Å². The van der Waals surface area contributed by atoms with Crippen LogP contribution in [0.5, 0.6) is 17.2 Å². The van der Waals surface area contributed by atoms with E-state index in [1.807, 2.05) is 13.0 Å². The fourth-order valence-corrected chi connectivity index (χ4v) is 4.95. The minimum absolute atomic E-state index is 0.0199. The molecule has 0 fully saturated rings. The second kappa shape index (κ2) is 14.1. The third kappa shape index (κ3) is 9.43. The van der Waals surface area contributed by atoms with E-state index in [1.54, 1.807) is 0 Å². The molecule has 1 heterocycles. The van der Waals surface area contributed by atoms with Crippen molar-refractivity contribution in [2.45, 2.75) is 53.4 Å². The molecule has 1 amide bonds. The molecular weight excluding hydrogens is 570 g/mol. The highest BCUT2D eigenvalue weighted by Crippen LogP contribution is 2.51. The molecule has 1 aliphatic rings. The number of aromatic hydroxyl groups is 1. The molecule has 0 bridgehead atoms. The standard InChI is InChI=1S/C28H36N2O9P2/c1-18(2)8-5-9-19(3)10-6-11-20(4)14-15-30-23-16-21(38-40(33)34)17-25(39-41(35,36)37)27(23)29-26-22(28(30)32)12-7-13-24(26)31/h7-8,10,12-14,16-17,29,31,33-34H,5-6,9,11,15H2,1-4H3,(H2,35,36,37)/b19-10+,20-14+. The van der Waals surface area contributed by atoms with Gasteiger partial charge in [-0.15, -0.1) is 0 Å². The Labute approximate surface area is 240 Å². The van der Waals surface area contributed by atoms with Crippen LogP contribution in [0.25, 0.3) is 0 Å². The van der Waals surface area contributed by atoms with Gasteiger partial charge in [-0.05, 0) is 65.5 Å². The van der Waals surface area contributed by atoms with E-state index in [0.717, 1.165) is 37.3 Å². The number of phosphoric ester groups is 1. The molecule has 2 aromatic rings. The van der Waals surface area contributed by atoms with Crippen LogP contribution in [0.3, 0.4) is 0 Å². The number of nitrogens with zero attached hydrogens (tertiary/aromatic N) is 1. The SMILES string of the molecule is CC(C)=CCC/C(C)=C/CC/C(C)=C/CN1C(=O)c2cccc(O)c2Nc2c(OP(=O)(O)O)cc(OP(O)O)cc21. The second-order valence-corrected chi connectivity index (χ2v) is 11.8. The van der Waals surface area contributed by atoms with Gasteiger partial charge >= 0.3 is 16.4 Å². The molecule has 3 rings (SSSR count). The van der Waals surface area contributed by atoms with Gasteiger partial charge in [0, 0.05) is 18.7 Å². The molecule has 11 nitrogen and oxygen atoms in total. The number of allylic oxidation sites excluding steroid dienone is 5. The molecule has 0 atom stereocenters.